The quantitative estimate of drug-likeness (QED) is 0.646. The second-order valence-electron chi connectivity index (χ2n) is 5.40. The lowest BCUT2D eigenvalue weighted by atomic mass is 10.0. The molecule has 4 nitrogen and oxygen atoms in total. The molecule has 0 radical (unpaired) electrons. The average molecular weight is 287 g/mol. The van der Waals surface area contributed by atoms with Gasteiger partial charge in [-0.15, -0.1) is 0 Å². The Morgan fingerprint density at radius 2 is 2.14 bits per heavy atom. The molecule has 0 spiro atoms. The monoisotopic (exact) mass is 287 g/mol. The van der Waals surface area contributed by atoms with Gasteiger partial charge in [0.1, 0.15) is 0 Å². The van der Waals surface area contributed by atoms with E-state index in [0.717, 1.165) is 17.1 Å². The van der Waals surface area contributed by atoms with Crippen LogP contribution in [0.2, 0.25) is 0 Å². The van der Waals surface area contributed by atoms with Crippen molar-refractivity contribution in [3.05, 3.63) is 48.1 Å². The summed E-state index contributed by atoms with van der Waals surface area (Å²) in [6.45, 7) is 8.72. The van der Waals surface area contributed by atoms with E-state index < -0.39 is 0 Å². The smallest absolute Gasteiger partial charge is 0.247 e. The molecule has 0 fully saturated rings. The Morgan fingerprint density at radius 3 is 2.86 bits per heavy atom. The van der Waals surface area contributed by atoms with E-state index in [1.54, 1.807) is 12.2 Å². The van der Waals surface area contributed by atoms with Crippen LogP contribution in [0.3, 0.4) is 0 Å². The van der Waals surface area contributed by atoms with E-state index in [1.165, 1.54) is 0 Å². The second kappa shape index (κ2) is 6.97. The van der Waals surface area contributed by atoms with Crippen molar-refractivity contribution >= 4 is 5.91 Å². The van der Waals surface area contributed by atoms with Gasteiger partial charge in [0.15, 0.2) is 11.5 Å². The van der Waals surface area contributed by atoms with E-state index >= 15 is 0 Å². The van der Waals surface area contributed by atoms with Crippen molar-refractivity contribution in [2.24, 2.45) is 5.92 Å². The van der Waals surface area contributed by atoms with Gasteiger partial charge >= 0.3 is 0 Å². The summed E-state index contributed by atoms with van der Waals surface area (Å²) in [5.74, 6) is 1.84. The Bertz CT molecular complexity index is 561. The van der Waals surface area contributed by atoms with Gasteiger partial charge < -0.3 is 14.8 Å². The van der Waals surface area contributed by atoms with Crippen molar-refractivity contribution in [3.8, 4) is 11.5 Å². The van der Waals surface area contributed by atoms with Gasteiger partial charge in [0.05, 0.1) is 0 Å². The molecule has 0 saturated carbocycles. The molecule has 0 aromatic heterocycles. The standard InChI is InChI=1S/C17H21NO3/c1-4-5-14(17(19)18-10-12(2)3)8-13-6-7-15-16(9-13)21-11-20-15/h4-7,9,12H,1,8,10-11H2,2-3H3,(H,18,19). The topological polar surface area (TPSA) is 47.6 Å². The third-order valence-corrected chi connectivity index (χ3v) is 3.11. The number of hydrogen-bond donors (Lipinski definition) is 1. The van der Waals surface area contributed by atoms with Crippen LogP contribution in [-0.2, 0) is 11.2 Å². The van der Waals surface area contributed by atoms with Crippen LogP contribution in [-0.4, -0.2) is 19.2 Å². The van der Waals surface area contributed by atoms with E-state index in [9.17, 15) is 4.79 Å². The third-order valence-electron chi connectivity index (χ3n) is 3.11. The maximum absolute atomic E-state index is 12.2. The summed E-state index contributed by atoms with van der Waals surface area (Å²) >= 11 is 0. The zero-order valence-corrected chi connectivity index (χ0v) is 12.5. The molecule has 1 aromatic rings. The van der Waals surface area contributed by atoms with Gasteiger partial charge in [0.25, 0.3) is 0 Å². The van der Waals surface area contributed by atoms with Crippen LogP contribution in [0.1, 0.15) is 19.4 Å². The van der Waals surface area contributed by atoms with Crippen LogP contribution in [0.4, 0.5) is 0 Å². The Labute approximate surface area is 125 Å². The van der Waals surface area contributed by atoms with Gasteiger partial charge in [0.2, 0.25) is 12.7 Å². The maximum Gasteiger partial charge on any atom is 0.247 e. The molecule has 1 aromatic carbocycles. The largest absolute Gasteiger partial charge is 0.454 e. The number of hydrogen-bond acceptors (Lipinski definition) is 3. The molecule has 0 saturated heterocycles. The first-order valence-corrected chi connectivity index (χ1v) is 7.08. The maximum atomic E-state index is 12.2. The Balaban J connectivity index is 2.07. The summed E-state index contributed by atoms with van der Waals surface area (Å²) in [6, 6.07) is 5.73. The molecule has 1 heterocycles. The zero-order chi connectivity index (χ0) is 15.2. The first kappa shape index (κ1) is 15.2. The van der Waals surface area contributed by atoms with Crippen LogP contribution in [0.25, 0.3) is 0 Å². The lowest BCUT2D eigenvalue weighted by Gasteiger charge is -2.11. The molecule has 1 aliphatic rings. The van der Waals surface area contributed by atoms with Crippen molar-refractivity contribution in [1.82, 2.24) is 5.32 Å². The van der Waals surface area contributed by atoms with Gasteiger partial charge in [-0.1, -0.05) is 38.6 Å². The fourth-order valence-corrected chi connectivity index (χ4v) is 2.04. The minimum absolute atomic E-state index is 0.0544. The number of rotatable bonds is 6. The van der Waals surface area contributed by atoms with E-state index in [-0.39, 0.29) is 12.7 Å². The molecule has 2 rings (SSSR count). The highest BCUT2D eigenvalue weighted by molar-refractivity contribution is 5.94. The molecule has 0 unspecified atom stereocenters. The summed E-state index contributed by atoms with van der Waals surface area (Å²) in [4.78, 5) is 12.2. The van der Waals surface area contributed by atoms with Crippen molar-refractivity contribution in [3.63, 3.8) is 0 Å². The van der Waals surface area contributed by atoms with E-state index in [1.807, 2.05) is 18.2 Å². The number of ether oxygens (including phenoxy) is 2. The first-order chi connectivity index (χ1) is 10.1. The lowest BCUT2D eigenvalue weighted by molar-refractivity contribution is -0.117. The van der Waals surface area contributed by atoms with Crippen LogP contribution < -0.4 is 14.8 Å². The summed E-state index contributed by atoms with van der Waals surface area (Å²) in [5.41, 5.74) is 1.69. The SMILES string of the molecule is C=CC=C(Cc1ccc2c(c1)OCO2)C(=O)NCC(C)C. The summed E-state index contributed by atoms with van der Waals surface area (Å²) < 4.78 is 10.6. The van der Waals surface area contributed by atoms with Crippen LogP contribution in [0.15, 0.2) is 42.5 Å². The van der Waals surface area contributed by atoms with Crippen molar-refractivity contribution in [2.45, 2.75) is 20.3 Å². The predicted octanol–water partition coefficient (Wildman–Crippen LogP) is 2.84. The number of carbonyl (C=O) groups excluding carboxylic acids is 1. The zero-order valence-electron chi connectivity index (χ0n) is 12.5. The van der Waals surface area contributed by atoms with Crippen LogP contribution in [0.5, 0.6) is 11.5 Å². The highest BCUT2D eigenvalue weighted by atomic mass is 16.7. The van der Waals surface area contributed by atoms with Crippen LogP contribution in [0, 0.1) is 5.92 Å². The highest BCUT2D eigenvalue weighted by Crippen LogP contribution is 2.33. The summed E-state index contributed by atoms with van der Waals surface area (Å²) in [6.07, 6.45) is 3.92. The Kier molecular flexibility index (Phi) is 5.04. The number of nitrogens with one attached hydrogen (secondary N) is 1. The number of amides is 1. The molecule has 112 valence electrons. The summed E-state index contributed by atoms with van der Waals surface area (Å²) in [5, 5.41) is 2.93. The number of fused-ring (bicyclic) bond motifs is 1. The molecule has 1 aliphatic heterocycles. The lowest BCUT2D eigenvalue weighted by Crippen LogP contribution is -2.29. The Hall–Kier alpha value is -2.23. The predicted molar refractivity (Wildman–Crippen MR) is 82.4 cm³/mol. The van der Waals surface area contributed by atoms with Crippen LogP contribution >= 0.6 is 0 Å². The van der Waals surface area contributed by atoms with Gasteiger partial charge in [-0.25, -0.2) is 0 Å². The molecule has 4 heteroatoms. The Morgan fingerprint density at radius 1 is 1.38 bits per heavy atom. The molecular weight excluding hydrogens is 266 g/mol. The summed E-state index contributed by atoms with van der Waals surface area (Å²) in [7, 11) is 0. The minimum Gasteiger partial charge on any atom is -0.454 e. The molecule has 0 aliphatic carbocycles. The minimum atomic E-state index is -0.0544. The van der Waals surface area contributed by atoms with Crippen molar-refractivity contribution in [1.29, 1.82) is 0 Å². The molecule has 1 amide bonds. The van der Waals surface area contributed by atoms with E-state index in [2.05, 4.69) is 25.7 Å². The second-order valence-corrected chi connectivity index (χ2v) is 5.40. The molecule has 21 heavy (non-hydrogen) atoms. The number of benzene rings is 1. The number of allylic oxidation sites excluding steroid dienone is 2. The third kappa shape index (κ3) is 4.12. The van der Waals surface area contributed by atoms with E-state index in [0.29, 0.717) is 24.5 Å². The van der Waals surface area contributed by atoms with Gasteiger partial charge in [-0.05, 0) is 23.6 Å². The fourth-order valence-electron chi connectivity index (χ4n) is 2.04. The first-order valence-electron chi connectivity index (χ1n) is 7.08. The molecule has 0 bridgehead atoms. The van der Waals surface area contributed by atoms with Crippen molar-refractivity contribution in [2.75, 3.05) is 13.3 Å². The van der Waals surface area contributed by atoms with Gasteiger partial charge in [0, 0.05) is 18.5 Å². The molecule has 1 N–H and O–H groups in total. The molecular formula is C17H21NO3. The highest BCUT2D eigenvalue weighted by Gasteiger charge is 2.15. The average Bonchev–Trinajstić information content (AvgIpc) is 2.91. The van der Waals surface area contributed by atoms with Gasteiger partial charge in [-0.3, -0.25) is 4.79 Å². The molecule has 0 atom stereocenters. The van der Waals surface area contributed by atoms with E-state index in [4.69, 9.17) is 9.47 Å². The number of carbonyl (C=O) groups is 1. The van der Waals surface area contributed by atoms with Crippen molar-refractivity contribution < 1.29 is 14.3 Å². The van der Waals surface area contributed by atoms with Gasteiger partial charge in [-0.2, -0.15) is 0 Å². The normalized spacial score (nSPS) is 13.4. The fraction of sp³-hybridized carbons (Fsp3) is 0.353.